The van der Waals surface area contributed by atoms with Gasteiger partial charge in [-0.2, -0.15) is 0 Å². The third kappa shape index (κ3) is 18.7. The first-order valence-corrected chi connectivity index (χ1v) is 24.8. The zero-order valence-electron chi connectivity index (χ0n) is 42.6. The third-order valence-electron chi connectivity index (χ3n) is 12.7. The van der Waals surface area contributed by atoms with E-state index in [4.69, 9.17) is 22.9 Å². The maximum absolute atomic E-state index is 14.6. The van der Waals surface area contributed by atoms with Crippen LogP contribution in [0.1, 0.15) is 83.0 Å². The number of nitrogens with zero attached hydrogens (tertiary/aromatic N) is 3. The summed E-state index contributed by atoms with van der Waals surface area (Å²) < 4.78 is 0. The summed E-state index contributed by atoms with van der Waals surface area (Å²) in [7, 11) is 0. The number of aliphatic carboxylic acids is 1. The lowest BCUT2D eigenvalue weighted by molar-refractivity contribution is -0.145. The summed E-state index contributed by atoms with van der Waals surface area (Å²) in [5.74, 6) is -8.94. The Morgan fingerprint density at radius 1 is 0.747 bits per heavy atom. The molecule has 25 heteroatoms. The molecule has 75 heavy (non-hydrogen) atoms. The Morgan fingerprint density at radius 2 is 1.35 bits per heavy atom. The van der Waals surface area contributed by atoms with Crippen molar-refractivity contribution in [2.75, 3.05) is 13.1 Å². The van der Waals surface area contributed by atoms with E-state index >= 15 is 0 Å². The van der Waals surface area contributed by atoms with E-state index < -0.39 is 120 Å². The largest absolute Gasteiger partial charge is 0.508 e. The van der Waals surface area contributed by atoms with Gasteiger partial charge in [0.25, 0.3) is 0 Å². The SMILES string of the molecule is CC[C@H](C)[C@H](NC(=O)[C@H](Cc1ccc(O)cc1)NC(=O)[C@@H](NC(=O)[C@H](CCCN=C(N)N)NC(=O)C(N)CC(N)=O)C(C)C)C(=O)N[C@@H](Cc1cnc[nH]1)C(=O)N1CCC[C@H]1C(=O)N[C@@H](Cc1ccccc1)C(=O)O. The normalized spacial score (nSPS) is 16.3. The van der Waals surface area contributed by atoms with E-state index in [1.807, 2.05) is 0 Å². The summed E-state index contributed by atoms with van der Waals surface area (Å²) in [6.45, 7) is 6.97. The number of guanidine groups is 1. The van der Waals surface area contributed by atoms with Gasteiger partial charge in [0, 0.05) is 44.2 Å². The number of amides is 8. The monoisotopic (exact) mass is 1040 g/mol. The first kappa shape index (κ1) is 59.5. The lowest BCUT2D eigenvalue weighted by Crippen LogP contribution is -2.62. The maximum atomic E-state index is 14.6. The zero-order chi connectivity index (χ0) is 55.4. The second-order valence-corrected chi connectivity index (χ2v) is 18.9. The fourth-order valence-electron chi connectivity index (χ4n) is 8.34. The van der Waals surface area contributed by atoms with E-state index in [0.717, 1.165) is 0 Å². The standard InChI is InChI=1S/C50H72N14O11/c1-5-28(4)41(47(72)60-36(23-31-25-55-26-57-31)48(73)64-20-10-14-38(64)45(70)61-37(49(74)75)22-29-11-7-6-8-12-29)63-44(69)35(21-30-15-17-32(65)18-16-30)59-46(71)40(27(2)3)62-43(68)34(13-9-19-56-50(53)54)58-42(67)33(51)24-39(52)66/h6-8,11-12,15-18,25-28,33-38,40-41,65H,5,9-10,13-14,19-24,51H2,1-4H3,(H2,52,66)(H,55,57)(H,58,67)(H,59,71)(H,60,72)(H,61,70)(H,62,68)(H,63,69)(H,74,75)(H4,53,54,56)/t28-,33?,34-,35-,36-,37-,38-,40-,41-/m0/s1. The summed E-state index contributed by atoms with van der Waals surface area (Å²) >= 11 is 0. The minimum atomic E-state index is -1.41. The number of rotatable bonds is 29. The van der Waals surface area contributed by atoms with Crippen LogP contribution < -0.4 is 54.8 Å². The van der Waals surface area contributed by atoms with Crippen LogP contribution in [0.4, 0.5) is 0 Å². The fraction of sp³-hybridized carbons (Fsp3) is 0.500. The first-order valence-electron chi connectivity index (χ1n) is 24.8. The van der Waals surface area contributed by atoms with Crippen LogP contribution in [-0.2, 0) is 62.4 Å². The number of aliphatic imine (C=N–C) groups is 1. The van der Waals surface area contributed by atoms with Crippen LogP contribution in [0.3, 0.4) is 0 Å². The predicted molar refractivity (Wildman–Crippen MR) is 274 cm³/mol. The van der Waals surface area contributed by atoms with Crippen LogP contribution in [0.25, 0.3) is 0 Å². The van der Waals surface area contributed by atoms with Crippen LogP contribution in [0.2, 0.25) is 0 Å². The predicted octanol–water partition coefficient (Wildman–Crippen LogP) is -1.91. The first-order chi connectivity index (χ1) is 35.6. The van der Waals surface area contributed by atoms with Crippen molar-refractivity contribution in [1.29, 1.82) is 0 Å². The van der Waals surface area contributed by atoms with Gasteiger partial charge >= 0.3 is 5.97 Å². The molecule has 0 radical (unpaired) electrons. The summed E-state index contributed by atoms with van der Waals surface area (Å²) in [6, 6.07) is 4.21. The second kappa shape index (κ2) is 29.0. The van der Waals surface area contributed by atoms with Crippen molar-refractivity contribution >= 4 is 59.2 Å². The molecule has 8 amide bonds. The molecule has 0 spiro atoms. The summed E-state index contributed by atoms with van der Waals surface area (Å²) in [5.41, 5.74) is 23.6. The fourth-order valence-corrected chi connectivity index (χ4v) is 8.34. The van der Waals surface area contributed by atoms with Crippen LogP contribution in [0.15, 0.2) is 72.1 Å². The summed E-state index contributed by atoms with van der Waals surface area (Å²) in [4.78, 5) is 135. The molecule has 4 rings (SSSR count). The molecule has 1 fully saturated rings. The number of nitrogens with one attached hydrogen (secondary N) is 7. The van der Waals surface area contributed by atoms with Gasteiger partial charge in [-0.3, -0.25) is 43.3 Å². The highest BCUT2D eigenvalue weighted by Crippen LogP contribution is 2.21. The molecule has 1 unspecified atom stereocenters. The van der Waals surface area contributed by atoms with Gasteiger partial charge < -0.3 is 74.9 Å². The van der Waals surface area contributed by atoms with Crippen molar-refractivity contribution in [3.05, 3.63) is 83.9 Å². The van der Waals surface area contributed by atoms with Crippen LogP contribution in [0.5, 0.6) is 5.75 Å². The number of hydrogen-bond donors (Lipinski definition) is 13. The molecule has 1 aromatic heterocycles. The number of carboxylic acid groups (broad SMARTS) is 1. The Hall–Kier alpha value is -8.09. The van der Waals surface area contributed by atoms with Gasteiger partial charge in [-0.15, -0.1) is 0 Å². The molecule has 408 valence electrons. The Bertz CT molecular complexity index is 2450. The molecule has 0 bridgehead atoms. The Balaban J connectivity index is 1.59. The number of nitrogens with two attached hydrogens (primary N) is 4. The number of carbonyl (C=O) groups is 9. The second-order valence-electron chi connectivity index (χ2n) is 18.9. The zero-order valence-corrected chi connectivity index (χ0v) is 42.6. The van der Waals surface area contributed by atoms with E-state index in [-0.39, 0.29) is 63.3 Å². The third-order valence-corrected chi connectivity index (χ3v) is 12.7. The quantitative estimate of drug-likeness (QED) is 0.0205. The molecule has 25 nitrogen and oxygen atoms in total. The smallest absolute Gasteiger partial charge is 0.326 e. The van der Waals surface area contributed by atoms with Gasteiger partial charge in [-0.05, 0) is 60.8 Å². The number of primary amides is 1. The highest BCUT2D eigenvalue weighted by Gasteiger charge is 2.41. The maximum Gasteiger partial charge on any atom is 0.326 e. The molecule has 17 N–H and O–H groups in total. The molecule has 2 aromatic carbocycles. The number of carbonyl (C=O) groups excluding carboxylic acids is 8. The number of aromatic amines is 1. The molecule has 0 aliphatic carbocycles. The number of hydrogen-bond acceptors (Lipinski definition) is 13. The number of carboxylic acids is 1. The minimum Gasteiger partial charge on any atom is -0.508 e. The van der Waals surface area contributed by atoms with E-state index in [0.29, 0.717) is 29.7 Å². The van der Waals surface area contributed by atoms with Crippen LogP contribution in [-0.4, -0.2) is 146 Å². The van der Waals surface area contributed by atoms with Crippen molar-refractivity contribution in [1.82, 2.24) is 46.8 Å². The number of imidazole rings is 1. The molecule has 9 atom stereocenters. The van der Waals surface area contributed by atoms with Gasteiger partial charge in [0.05, 0.1) is 18.8 Å². The topological polar surface area (TPSA) is 415 Å². The number of phenols is 1. The minimum absolute atomic E-state index is 0.000851. The molecule has 0 saturated carbocycles. The van der Waals surface area contributed by atoms with Gasteiger partial charge in [0.1, 0.15) is 48.0 Å². The summed E-state index contributed by atoms with van der Waals surface area (Å²) in [5, 5.41) is 36.1. The molecule has 3 aromatic rings. The van der Waals surface area contributed by atoms with E-state index in [1.165, 1.54) is 41.7 Å². The van der Waals surface area contributed by atoms with Crippen LogP contribution >= 0.6 is 0 Å². The van der Waals surface area contributed by atoms with Crippen molar-refractivity contribution in [2.24, 2.45) is 39.8 Å². The van der Waals surface area contributed by atoms with Gasteiger partial charge in [-0.1, -0.05) is 76.6 Å². The number of aromatic nitrogens is 2. The average molecular weight is 1050 g/mol. The van der Waals surface area contributed by atoms with Gasteiger partial charge in [-0.25, -0.2) is 9.78 Å². The molecular formula is C50H72N14O11. The number of H-pyrrole nitrogens is 1. The highest BCUT2D eigenvalue weighted by molar-refractivity contribution is 5.98. The average Bonchev–Trinajstić information content (AvgIpc) is 4.08. The highest BCUT2D eigenvalue weighted by atomic mass is 16.4. The number of likely N-dealkylation sites (tertiary alicyclic amines) is 1. The van der Waals surface area contributed by atoms with Gasteiger partial charge in [0.2, 0.25) is 47.3 Å². The van der Waals surface area contributed by atoms with Gasteiger partial charge in [0.15, 0.2) is 5.96 Å². The Labute approximate surface area is 434 Å². The van der Waals surface area contributed by atoms with Crippen LogP contribution in [0, 0.1) is 11.8 Å². The molecule has 1 aliphatic heterocycles. The summed E-state index contributed by atoms with van der Waals surface area (Å²) in [6.07, 6.45) is 3.24. The number of benzene rings is 2. The van der Waals surface area contributed by atoms with Crippen molar-refractivity contribution in [3.8, 4) is 5.75 Å². The van der Waals surface area contributed by atoms with Crippen molar-refractivity contribution in [2.45, 2.75) is 134 Å². The van der Waals surface area contributed by atoms with E-state index in [2.05, 4.69) is 46.9 Å². The molecule has 2 heterocycles. The Morgan fingerprint density at radius 3 is 1.95 bits per heavy atom. The molecule has 1 aliphatic rings. The molecular weight excluding hydrogens is 973 g/mol. The lowest BCUT2D eigenvalue weighted by Gasteiger charge is -2.32. The van der Waals surface area contributed by atoms with E-state index in [9.17, 15) is 53.4 Å². The van der Waals surface area contributed by atoms with Crippen molar-refractivity contribution < 1.29 is 53.4 Å². The number of aromatic hydroxyl groups is 1. The lowest BCUT2D eigenvalue weighted by atomic mass is 9.96. The molecule has 1 saturated heterocycles. The Kier molecular flexibility index (Phi) is 23.0. The van der Waals surface area contributed by atoms with E-state index in [1.54, 1.807) is 58.0 Å². The number of phenolic OH excluding ortho intramolecular Hbond substituents is 1. The van der Waals surface area contributed by atoms with Crippen molar-refractivity contribution in [3.63, 3.8) is 0 Å².